The maximum absolute atomic E-state index is 9.70. The number of aromatic nitrogens is 2. The second-order valence-corrected chi connectivity index (χ2v) is 4.85. The molecule has 2 rings (SSSR count). The highest BCUT2D eigenvalue weighted by Crippen LogP contribution is 2.18. The number of nitrogens with zero attached hydrogens (tertiary/aromatic N) is 2. The average molecular weight is 261 g/mol. The van der Waals surface area contributed by atoms with E-state index in [-0.39, 0.29) is 6.10 Å². The van der Waals surface area contributed by atoms with Crippen molar-refractivity contribution in [3.05, 3.63) is 30.0 Å². The normalized spacial score (nSPS) is 13.0. The SMILES string of the molecule is CCCC(O)CNCc1nn(CC)c2ccccc12. The van der Waals surface area contributed by atoms with Crippen molar-refractivity contribution in [3.8, 4) is 0 Å². The molecular weight excluding hydrogens is 238 g/mol. The topological polar surface area (TPSA) is 50.1 Å². The zero-order valence-corrected chi connectivity index (χ0v) is 11.8. The van der Waals surface area contributed by atoms with Gasteiger partial charge in [0.1, 0.15) is 0 Å². The van der Waals surface area contributed by atoms with E-state index in [9.17, 15) is 5.11 Å². The lowest BCUT2D eigenvalue weighted by Crippen LogP contribution is -2.26. The van der Waals surface area contributed by atoms with E-state index in [1.165, 1.54) is 10.9 Å². The molecule has 1 heterocycles. The highest BCUT2D eigenvalue weighted by molar-refractivity contribution is 5.81. The molecule has 0 fully saturated rings. The molecule has 1 aromatic carbocycles. The van der Waals surface area contributed by atoms with Crippen LogP contribution < -0.4 is 5.32 Å². The first-order chi connectivity index (χ1) is 9.26. The van der Waals surface area contributed by atoms with Gasteiger partial charge in [0.2, 0.25) is 0 Å². The number of hydrogen-bond donors (Lipinski definition) is 2. The molecule has 0 aliphatic heterocycles. The number of rotatable bonds is 7. The van der Waals surface area contributed by atoms with Crippen LogP contribution in [0.15, 0.2) is 24.3 Å². The second kappa shape index (κ2) is 6.68. The van der Waals surface area contributed by atoms with Crippen LogP contribution in [0.1, 0.15) is 32.4 Å². The first-order valence-electron chi connectivity index (χ1n) is 7.09. The summed E-state index contributed by atoms with van der Waals surface area (Å²) in [6.45, 7) is 6.38. The van der Waals surface area contributed by atoms with Crippen molar-refractivity contribution in [2.24, 2.45) is 0 Å². The zero-order valence-electron chi connectivity index (χ0n) is 11.8. The number of aryl methyl sites for hydroxylation is 1. The smallest absolute Gasteiger partial charge is 0.0841 e. The summed E-state index contributed by atoms with van der Waals surface area (Å²) in [5.41, 5.74) is 2.23. The van der Waals surface area contributed by atoms with E-state index < -0.39 is 0 Å². The Morgan fingerprint density at radius 2 is 2.11 bits per heavy atom. The Morgan fingerprint density at radius 3 is 2.84 bits per heavy atom. The molecule has 19 heavy (non-hydrogen) atoms. The van der Waals surface area contributed by atoms with Crippen molar-refractivity contribution >= 4 is 10.9 Å². The summed E-state index contributed by atoms with van der Waals surface area (Å²) >= 11 is 0. The van der Waals surface area contributed by atoms with E-state index in [0.29, 0.717) is 13.1 Å². The number of aliphatic hydroxyl groups is 1. The Kier molecular flexibility index (Phi) is 4.93. The Hall–Kier alpha value is -1.39. The summed E-state index contributed by atoms with van der Waals surface area (Å²) in [6, 6.07) is 8.28. The van der Waals surface area contributed by atoms with Gasteiger partial charge in [-0.2, -0.15) is 5.10 Å². The molecule has 0 bridgehead atoms. The Labute approximate surface area is 114 Å². The fraction of sp³-hybridized carbons (Fsp3) is 0.533. The Balaban J connectivity index is 2.04. The second-order valence-electron chi connectivity index (χ2n) is 4.85. The van der Waals surface area contributed by atoms with Crippen LogP contribution in [0.3, 0.4) is 0 Å². The quantitative estimate of drug-likeness (QED) is 0.804. The minimum Gasteiger partial charge on any atom is -0.392 e. The molecule has 0 radical (unpaired) electrons. The summed E-state index contributed by atoms with van der Waals surface area (Å²) in [7, 11) is 0. The van der Waals surface area contributed by atoms with Crippen LogP contribution in [0, 0.1) is 0 Å². The van der Waals surface area contributed by atoms with Gasteiger partial charge in [0.25, 0.3) is 0 Å². The molecule has 104 valence electrons. The maximum atomic E-state index is 9.70. The van der Waals surface area contributed by atoms with Gasteiger partial charge in [0, 0.05) is 25.0 Å². The minimum absolute atomic E-state index is 0.260. The lowest BCUT2D eigenvalue weighted by atomic mass is 10.2. The molecule has 0 aliphatic carbocycles. The standard InChI is InChI=1S/C15H23N3O/c1-3-7-12(19)10-16-11-14-13-8-5-6-9-15(13)18(4-2)17-14/h5-6,8-9,12,16,19H,3-4,7,10-11H2,1-2H3. The minimum atomic E-state index is -0.260. The summed E-state index contributed by atoms with van der Waals surface area (Å²) < 4.78 is 2.02. The van der Waals surface area contributed by atoms with E-state index in [2.05, 4.69) is 36.4 Å². The number of hydrogen-bond acceptors (Lipinski definition) is 3. The van der Waals surface area contributed by atoms with E-state index in [0.717, 1.165) is 25.1 Å². The molecule has 2 aromatic rings. The molecule has 1 aromatic heterocycles. The monoisotopic (exact) mass is 261 g/mol. The molecule has 0 saturated carbocycles. The number of aliphatic hydroxyl groups excluding tert-OH is 1. The number of benzene rings is 1. The maximum Gasteiger partial charge on any atom is 0.0841 e. The molecule has 0 spiro atoms. The van der Waals surface area contributed by atoms with Gasteiger partial charge in [0.15, 0.2) is 0 Å². The van der Waals surface area contributed by atoms with Crippen LogP contribution in [0.4, 0.5) is 0 Å². The van der Waals surface area contributed by atoms with Gasteiger partial charge in [-0.05, 0) is 19.4 Å². The number of fused-ring (bicyclic) bond motifs is 1. The molecule has 0 amide bonds. The van der Waals surface area contributed by atoms with Crippen LogP contribution in [-0.2, 0) is 13.1 Å². The van der Waals surface area contributed by atoms with Crippen molar-refractivity contribution in [2.45, 2.75) is 45.9 Å². The van der Waals surface area contributed by atoms with Crippen molar-refractivity contribution in [1.82, 2.24) is 15.1 Å². The molecule has 4 heteroatoms. The molecule has 0 saturated heterocycles. The lowest BCUT2D eigenvalue weighted by molar-refractivity contribution is 0.160. The predicted octanol–water partition coefficient (Wildman–Crippen LogP) is 2.31. The molecule has 1 atom stereocenters. The number of para-hydroxylation sites is 1. The fourth-order valence-electron chi connectivity index (χ4n) is 2.36. The summed E-state index contributed by atoms with van der Waals surface area (Å²) in [4.78, 5) is 0. The van der Waals surface area contributed by atoms with E-state index in [1.54, 1.807) is 0 Å². The fourth-order valence-corrected chi connectivity index (χ4v) is 2.36. The molecule has 4 nitrogen and oxygen atoms in total. The van der Waals surface area contributed by atoms with Gasteiger partial charge in [-0.1, -0.05) is 31.5 Å². The van der Waals surface area contributed by atoms with Crippen molar-refractivity contribution < 1.29 is 5.11 Å². The van der Waals surface area contributed by atoms with Gasteiger partial charge >= 0.3 is 0 Å². The molecule has 0 aliphatic rings. The number of nitrogens with one attached hydrogen (secondary N) is 1. The predicted molar refractivity (Wildman–Crippen MR) is 78.0 cm³/mol. The van der Waals surface area contributed by atoms with Crippen LogP contribution in [0.5, 0.6) is 0 Å². The van der Waals surface area contributed by atoms with E-state index in [1.807, 2.05) is 16.8 Å². The van der Waals surface area contributed by atoms with Crippen LogP contribution in [0.25, 0.3) is 10.9 Å². The largest absolute Gasteiger partial charge is 0.392 e. The van der Waals surface area contributed by atoms with Crippen LogP contribution in [-0.4, -0.2) is 27.5 Å². The third-order valence-electron chi connectivity index (χ3n) is 3.33. The third-order valence-corrected chi connectivity index (χ3v) is 3.33. The Morgan fingerprint density at radius 1 is 1.32 bits per heavy atom. The third kappa shape index (κ3) is 3.33. The van der Waals surface area contributed by atoms with Gasteiger partial charge in [-0.15, -0.1) is 0 Å². The van der Waals surface area contributed by atoms with Crippen molar-refractivity contribution in [2.75, 3.05) is 6.54 Å². The van der Waals surface area contributed by atoms with Crippen LogP contribution >= 0.6 is 0 Å². The van der Waals surface area contributed by atoms with Gasteiger partial charge in [-0.25, -0.2) is 0 Å². The summed E-state index contributed by atoms with van der Waals surface area (Å²) in [5, 5.41) is 18.8. The van der Waals surface area contributed by atoms with Crippen molar-refractivity contribution in [1.29, 1.82) is 0 Å². The van der Waals surface area contributed by atoms with Gasteiger partial charge in [0.05, 0.1) is 17.3 Å². The van der Waals surface area contributed by atoms with E-state index in [4.69, 9.17) is 0 Å². The van der Waals surface area contributed by atoms with Gasteiger partial charge < -0.3 is 10.4 Å². The first-order valence-corrected chi connectivity index (χ1v) is 7.09. The highest BCUT2D eigenvalue weighted by atomic mass is 16.3. The molecular formula is C15H23N3O. The first kappa shape index (κ1) is 14.0. The summed E-state index contributed by atoms with van der Waals surface area (Å²) in [5.74, 6) is 0. The van der Waals surface area contributed by atoms with Gasteiger partial charge in [-0.3, -0.25) is 4.68 Å². The Bertz CT molecular complexity index is 521. The zero-order chi connectivity index (χ0) is 13.7. The average Bonchev–Trinajstić information content (AvgIpc) is 2.78. The molecule has 2 N–H and O–H groups in total. The van der Waals surface area contributed by atoms with E-state index >= 15 is 0 Å². The van der Waals surface area contributed by atoms with Crippen molar-refractivity contribution in [3.63, 3.8) is 0 Å². The summed E-state index contributed by atoms with van der Waals surface area (Å²) in [6.07, 6.45) is 1.59. The lowest BCUT2D eigenvalue weighted by Gasteiger charge is -2.09. The highest BCUT2D eigenvalue weighted by Gasteiger charge is 2.09. The molecule has 1 unspecified atom stereocenters. The van der Waals surface area contributed by atoms with Crippen LogP contribution in [0.2, 0.25) is 0 Å².